The van der Waals surface area contributed by atoms with E-state index in [0.29, 0.717) is 12.4 Å². The minimum absolute atomic E-state index is 0.0179. The van der Waals surface area contributed by atoms with Crippen molar-refractivity contribution in [3.8, 4) is 5.75 Å². The van der Waals surface area contributed by atoms with E-state index < -0.39 is 10.5 Å². The van der Waals surface area contributed by atoms with E-state index in [9.17, 15) is 10.1 Å². The topological polar surface area (TPSA) is 61.6 Å². The summed E-state index contributed by atoms with van der Waals surface area (Å²) in [4.78, 5) is 10.7. The highest BCUT2D eigenvalue weighted by Crippen LogP contribution is 2.45. The van der Waals surface area contributed by atoms with Crippen molar-refractivity contribution < 1.29 is 14.4 Å². The second-order valence-electron chi connectivity index (χ2n) is 6.01. The summed E-state index contributed by atoms with van der Waals surface area (Å²) in [5, 5.41) is 11.1. The first-order valence-electron chi connectivity index (χ1n) is 6.20. The van der Waals surface area contributed by atoms with Crippen molar-refractivity contribution in [2.75, 3.05) is 13.7 Å². The fraction of sp³-hybridized carbons (Fsp3) is 0.571. The van der Waals surface area contributed by atoms with Crippen LogP contribution in [-0.4, -0.2) is 18.6 Å². The minimum atomic E-state index is -0.526. The summed E-state index contributed by atoms with van der Waals surface area (Å²) >= 11 is 0. The number of ether oxygens (including phenoxy) is 2. The van der Waals surface area contributed by atoms with Gasteiger partial charge in [0, 0.05) is 11.5 Å². The van der Waals surface area contributed by atoms with Gasteiger partial charge in [0.25, 0.3) is 0 Å². The van der Waals surface area contributed by atoms with Gasteiger partial charge in [0.15, 0.2) is 5.75 Å². The zero-order valence-corrected chi connectivity index (χ0v) is 11.9. The molecule has 0 saturated carbocycles. The van der Waals surface area contributed by atoms with Gasteiger partial charge in [0.1, 0.15) is 0 Å². The number of fused-ring (bicyclic) bond motifs is 1. The van der Waals surface area contributed by atoms with E-state index in [2.05, 4.69) is 13.8 Å². The molecule has 0 aliphatic carbocycles. The standard InChI is InChI=1S/C14H19NO4/c1-13(2)8-19-14(3,4)10-6-11(15(16)17)12(18-5)7-9(10)13/h6-7H,8H2,1-5H3. The molecular weight excluding hydrogens is 246 g/mol. The van der Waals surface area contributed by atoms with E-state index in [1.807, 2.05) is 13.8 Å². The third kappa shape index (κ3) is 2.18. The van der Waals surface area contributed by atoms with Crippen LogP contribution in [0.4, 0.5) is 5.69 Å². The Balaban J connectivity index is 2.74. The van der Waals surface area contributed by atoms with Gasteiger partial charge in [-0.1, -0.05) is 13.8 Å². The summed E-state index contributed by atoms with van der Waals surface area (Å²) in [7, 11) is 1.45. The summed E-state index contributed by atoms with van der Waals surface area (Å²) < 4.78 is 11.0. The molecule has 0 radical (unpaired) electrons. The van der Waals surface area contributed by atoms with Gasteiger partial charge in [-0.25, -0.2) is 0 Å². The van der Waals surface area contributed by atoms with Crippen LogP contribution in [0.5, 0.6) is 5.75 Å². The van der Waals surface area contributed by atoms with Gasteiger partial charge in [-0.15, -0.1) is 0 Å². The Morgan fingerprint density at radius 2 is 1.89 bits per heavy atom. The maximum atomic E-state index is 11.1. The molecule has 0 bridgehead atoms. The van der Waals surface area contributed by atoms with Crippen molar-refractivity contribution in [3.05, 3.63) is 33.4 Å². The van der Waals surface area contributed by atoms with Crippen LogP contribution in [0.3, 0.4) is 0 Å². The number of hydrogen-bond acceptors (Lipinski definition) is 4. The first kappa shape index (κ1) is 13.8. The van der Waals surface area contributed by atoms with E-state index in [-0.39, 0.29) is 11.1 Å². The van der Waals surface area contributed by atoms with Crippen LogP contribution < -0.4 is 4.74 Å². The Hall–Kier alpha value is -1.62. The molecule has 1 aromatic carbocycles. The lowest BCUT2D eigenvalue weighted by atomic mass is 9.75. The van der Waals surface area contributed by atoms with E-state index in [1.54, 1.807) is 12.1 Å². The van der Waals surface area contributed by atoms with Crippen molar-refractivity contribution in [2.45, 2.75) is 38.7 Å². The molecule has 0 saturated heterocycles. The number of hydrogen-bond donors (Lipinski definition) is 0. The molecule has 0 spiro atoms. The SMILES string of the molecule is COc1cc2c(cc1[N+](=O)[O-])C(C)(C)OCC2(C)C. The van der Waals surface area contributed by atoms with Gasteiger partial charge < -0.3 is 9.47 Å². The van der Waals surface area contributed by atoms with Gasteiger partial charge >= 0.3 is 5.69 Å². The molecule has 0 atom stereocenters. The quantitative estimate of drug-likeness (QED) is 0.608. The lowest BCUT2D eigenvalue weighted by Gasteiger charge is -2.41. The van der Waals surface area contributed by atoms with Crippen molar-refractivity contribution in [2.24, 2.45) is 0 Å². The Bertz CT molecular complexity index is 534. The molecule has 0 unspecified atom stereocenters. The second-order valence-corrected chi connectivity index (χ2v) is 6.01. The normalized spacial score (nSPS) is 19.6. The smallest absolute Gasteiger partial charge is 0.311 e. The van der Waals surface area contributed by atoms with Crippen LogP contribution in [0.25, 0.3) is 0 Å². The predicted molar refractivity (Wildman–Crippen MR) is 71.7 cm³/mol. The molecule has 0 amide bonds. The number of methoxy groups -OCH3 is 1. The maximum absolute atomic E-state index is 11.1. The van der Waals surface area contributed by atoms with Gasteiger partial charge in [0.2, 0.25) is 0 Å². The summed E-state index contributed by atoms with van der Waals surface area (Å²) in [5.74, 6) is 0.300. The van der Waals surface area contributed by atoms with Crippen LogP contribution >= 0.6 is 0 Å². The van der Waals surface area contributed by atoms with Crippen LogP contribution in [0.1, 0.15) is 38.8 Å². The maximum Gasteiger partial charge on any atom is 0.311 e. The summed E-state index contributed by atoms with van der Waals surface area (Å²) in [6.45, 7) is 8.56. The molecule has 0 fully saturated rings. The molecule has 1 aliphatic rings. The van der Waals surface area contributed by atoms with Crippen molar-refractivity contribution in [1.29, 1.82) is 0 Å². The monoisotopic (exact) mass is 265 g/mol. The number of nitrogens with zero attached hydrogens (tertiary/aromatic N) is 1. The average molecular weight is 265 g/mol. The molecule has 5 heteroatoms. The lowest BCUT2D eigenvalue weighted by Crippen LogP contribution is -2.39. The first-order valence-corrected chi connectivity index (χ1v) is 6.20. The zero-order chi connectivity index (χ0) is 14.4. The molecule has 1 aliphatic heterocycles. The summed E-state index contributed by atoms with van der Waals surface area (Å²) in [6.07, 6.45) is 0. The highest BCUT2D eigenvalue weighted by Gasteiger charge is 2.40. The fourth-order valence-corrected chi connectivity index (χ4v) is 2.45. The highest BCUT2D eigenvalue weighted by molar-refractivity contribution is 5.56. The molecule has 5 nitrogen and oxygen atoms in total. The molecule has 1 heterocycles. The predicted octanol–water partition coefficient (Wildman–Crippen LogP) is 3.15. The number of nitro benzene ring substituents is 1. The average Bonchev–Trinajstić information content (AvgIpc) is 2.33. The zero-order valence-electron chi connectivity index (χ0n) is 11.9. The van der Waals surface area contributed by atoms with E-state index in [0.717, 1.165) is 11.1 Å². The Labute approximate surface area is 112 Å². The van der Waals surface area contributed by atoms with Crippen LogP contribution in [0.2, 0.25) is 0 Å². The van der Waals surface area contributed by atoms with Crippen LogP contribution in [0.15, 0.2) is 12.1 Å². The Morgan fingerprint density at radius 3 is 2.42 bits per heavy atom. The molecule has 19 heavy (non-hydrogen) atoms. The van der Waals surface area contributed by atoms with Gasteiger partial charge in [-0.3, -0.25) is 10.1 Å². The molecular formula is C14H19NO4. The van der Waals surface area contributed by atoms with Crippen LogP contribution in [0, 0.1) is 10.1 Å². The highest BCUT2D eigenvalue weighted by atomic mass is 16.6. The van der Waals surface area contributed by atoms with E-state index in [4.69, 9.17) is 9.47 Å². The van der Waals surface area contributed by atoms with Gasteiger partial charge in [0.05, 0.1) is 24.2 Å². The number of nitro groups is 1. The van der Waals surface area contributed by atoms with Crippen molar-refractivity contribution >= 4 is 5.69 Å². The lowest BCUT2D eigenvalue weighted by molar-refractivity contribution is -0.386. The van der Waals surface area contributed by atoms with Gasteiger partial charge in [-0.05, 0) is 31.0 Å². The Morgan fingerprint density at radius 1 is 1.26 bits per heavy atom. The first-order chi connectivity index (χ1) is 8.69. The molecule has 1 aromatic rings. The van der Waals surface area contributed by atoms with Crippen LogP contribution in [-0.2, 0) is 15.8 Å². The molecule has 104 valence electrons. The third-order valence-corrected chi connectivity index (χ3v) is 3.69. The fourth-order valence-electron chi connectivity index (χ4n) is 2.45. The molecule has 0 aromatic heterocycles. The number of benzene rings is 1. The molecule has 2 rings (SSSR count). The van der Waals surface area contributed by atoms with Crippen molar-refractivity contribution in [3.63, 3.8) is 0 Å². The minimum Gasteiger partial charge on any atom is -0.490 e. The number of rotatable bonds is 2. The summed E-state index contributed by atoms with van der Waals surface area (Å²) in [5.41, 5.74) is 1.17. The van der Waals surface area contributed by atoms with Crippen molar-refractivity contribution in [1.82, 2.24) is 0 Å². The molecule has 0 N–H and O–H groups in total. The van der Waals surface area contributed by atoms with E-state index in [1.165, 1.54) is 7.11 Å². The third-order valence-electron chi connectivity index (χ3n) is 3.69. The Kier molecular flexibility index (Phi) is 3.05. The van der Waals surface area contributed by atoms with E-state index >= 15 is 0 Å². The summed E-state index contributed by atoms with van der Waals surface area (Å²) in [6, 6.07) is 3.35. The second kappa shape index (κ2) is 4.20. The van der Waals surface area contributed by atoms with Gasteiger partial charge in [-0.2, -0.15) is 0 Å². The largest absolute Gasteiger partial charge is 0.490 e.